The predicted molar refractivity (Wildman–Crippen MR) is 60.1 cm³/mol. The molecule has 0 spiro atoms. The average Bonchev–Trinajstić information content (AvgIpc) is 2.70. The molecule has 6 nitrogen and oxygen atoms in total. The first-order valence-corrected chi connectivity index (χ1v) is 5.53. The first kappa shape index (κ1) is 11.6. The molecule has 17 heavy (non-hydrogen) atoms. The predicted octanol–water partition coefficient (Wildman–Crippen LogP) is 0.657. The lowest BCUT2D eigenvalue weighted by Crippen LogP contribution is -2.30. The summed E-state index contributed by atoms with van der Waals surface area (Å²) in [6.07, 6.45) is 3.29. The quantitative estimate of drug-likeness (QED) is 0.815. The Kier molecular flexibility index (Phi) is 3.40. The van der Waals surface area contributed by atoms with E-state index in [1.807, 2.05) is 6.07 Å². The van der Waals surface area contributed by atoms with Crippen LogP contribution in [0.25, 0.3) is 0 Å². The van der Waals surface area contributed by atoms with Gasteiger partial charge in [0, 0.05) is 19.9 Å². The molecule has 1 aromatic rings. The lowest BCUT2D eigenvalue weighted by atomic mass is 10.0. The summed E-state index contributed by atoms with van der Waals surface area (Å²) in [4.78, 5) is 11.9. The van der Waals surface area contributed by atoms with Gasteiger partial charge in [-0.3, -0.25) is 9.48 Å². The van der Waals surface area contributed by atoms with Crippen LogP contribution in [0.3, 0.4) is 0 Å². The van der Waals surface area contributed by atoms with Crippen LogP contribution >= 0.6 is 0 Å². The summed E-state index contributed by atoms with van der Waals surface area (Å²) in [5.41, 5.74) is 0.373. The number of nitrogens with one attached hydrogen (secondary N) is 1. The summed E-state index contributed by atoms with van der Waals surface area (Å²) >= 11 is 0. The van der Waals surface area contributed by atoms with Gasteiger partial charge in [-0.2, -0.15) is 10.4 Å². The largest absolute Gasteiger partial charge is 0.381 e. The molecule has 0 bridgehead atoms. The summed E-state index contributed by atoms with van der Waals surface area (Å²) in [6.45, 7) is 1.16. The zero-order valence-corrected chi connectivity index (χ0v) is 9.64. The van der Waals surface area contributed by atoms with Crippen molar-refractivity contribution in [3.05, 3.63) is 11.8 Å². The number of aromatic nitrogens is 2. The fraction of sp³-hybridized carbons (Fsp3) is 0.545. The first-order valence-electron chi connectivity index (χ1n) is 5.53. The van der Waals surface area contributed by atoms with Gasteiger partial charge in [-0.15, -0.1) is 0 Å². The first-order chi connectivity index (χ1) is 8.20. The maximum atomic E-state index is 11.9. The highest BCUT2D eigenvalue weighted by Gasteiger charge is 2.23. The van der Waals surface area contributed by atoms with Gasteiger partial charge in [0.05, 0.1) is 12.5 Å². The van der Waals surface area contributed by atoms with E-state index in [-0.39, 0.29) is 11.8 Å². The van der Waals surface area contributed by atoms with Crippen LogP contribution in [0, 0.1) is 17.2 Å². The van der Waals surface area contributed by atoms with Crippen LogP contribution in [0.5, 0.6) is 0 Å². The molecule has 1 saturated heterocycles. The van der Waals surface area contributed by atoms with Gasteiger partial charge >= 0.3 is 0 Å². The van der Waals surface area contributed by atoms with Crippen molar-refractivity contribution in [2.75, 3.05) is 18.5 Å². The molecule has 2 rings (SSSR count). The highest BCUT2D eigenvalue weighted by atomic mass is 16.5. The zero-order valence-electron chi connectivity index (χ0n) is 9.64. The standard InChI is InChI=1S/C11H14N4O2/c1-15-6-9(5-12)10(14-15)13-11(16)8-3-2-4-17-7-8/h6,8H,2-4,7H2,1H3,(H,13,14,16). The third-order valence-corrected chi connectivity index (χ3v) is 2.72. The molecule has 1 amide bonds. The molecule has 90 valence electrons. The van der Waals surface area contributed by atoms with Crippen molar-refractivity contribution >= 4 is 11.7 Å². The smallest absolute Gasteiger partial charge is 0.231 e. The summed E-state index contributed by atoms with van der Waals surface area (Å²) in [5, 5.41) is 15.6. The lowest BCUT2D eigenvalue weighted by molar-refractivity contribution is -0.123. The van der Waals surface area contributed by atoms with Crippen LogP contribution in [0.4, 0.5) is 5.82 Å². The molecule has 1 aliphatic rings. The topological polar surface area (TPSA) is 79.9 Å². The Hall–Kier alpha value is -1.87. The van der Waals surface area contributed by atoms with E-state index in [0.29, 0.717) is 18.0 Å². The number of carbonyl (C=O) groups excluding carboxylic acids is 1. The SMILES string of the molecule is Cn1cc(C#N)c(NC(=O)C2CCCOC2)n1. The number of aryl methyl sites for hydroxylation is 1. The van der Waals surface area contributed by atoms with Gasteiger partial charge in [-0.1, -0.05) is 0 Å². The van der Waals surface area contributed by atoms with Crippen LogP contribution in [-0.2, 0) is 16.6 Å². The second-order valence-corrected chi connectivity index (χ2v) is 4.08. The molecule has 2 heterocycles. The van der Waals surface area contributed by atoms with Crippen LogP contribution < -0.4 is 5.32 Å². The number of nitriles is 1. The Bertz CT molecular complexity index is 455. The second kappa shape index (κ2) is 4.97. The third kappa shape index (κ3) is 2.63. The molecule has 0 aliphatic carbocycles. The summed E-state index contributed by atoms with van der Waals surface area (Å²) in [6, 6.07) is 2.00. The van der Waals surface area contributed by atoms with Crippen LogP contribution in [-0.4, -0.2) is 28.9 Å². The minimum atomic E-state index is -0.141. The molecule has 0 radical (unpaired) electrons. The average molecular weight is 234 g/mol. The number of rotatable bonds is 2. The maximum Gasteiger partial charge on any atom is 0.231 e. The van der Waals surface area contributed by atoms with E-state index in [1.165, 1.54) is 4.68 Å². The van der Waals surface area contributed by atoms with Gasteiger partial charge in [-0.05, 0) is 12.8 Å². The molecule has 0 aromatic carbocycles. The molecule has 6 heteroatoms. The van der Waals surface area contributed by atoms with Crippen molar-refractivity contribution in [3.63, 3.8) is 0 Å². The molecular weight excluding hydrogens is 220 g/mol. The molecule has 1 N–H and O–H groups in total. The fourth-order valence-corrected chi connectivity index (χ4v) is 1.83. The van der Waals surface area contributed by atoms with Crippen molar-refractivity contribution in [3.8, 4) is 6.07 Å². The molecule has 1 fully saturated rings. The van der Waals surface area contributed by atoms with E-state index in [9.17, 15) is 4.79 Å². The minimum absolute atomic E-state index is 0.125. The maximum absolute atomic E-state index is 11.9. The van der Waals surface area contributed by atoms with Gasteiger partial charge in [0.2, 0.25) is 5.91 Å². The molecule has 1 unspecified atom stereocenters. The molecule has 0 saturated carbocycles. The van der Waals surface area contributed by atoms with Crippen molar-refractivity contribution in [2.24, 2.45) is 13.0 Å². The Morgan fingerprint density at radius 3 is 3.24 bits per heavy atom. The molecule has 1 aliphatic heterocycles. The van der Waals surface area contributed by atoms with Gasteiger partial charge < -0.3 is 10.1 Å². The highest BCUT2D eigenvalue weighted by molar-refractivity contribution is 5.92. The van der Waals surface area contributed by atoms with E-state index in [1.54, 1.807) is 13.2 Å². The van der Waals surface area contributed by atoms with Crippen molar-refractivity contribution in [1.82, 2.24) is 9.78 Å². The lowest BCUT2D eigenvalue weighted by Gasteiger charge is -2.20. The molecular formula is C11H14N4O2. The second-order valence-electron chi connectivity index (χ2n) is 4.08. The van der Waals surface area contributed by atoms with Crippen molar-refractivity contribution < 1.29 is 9.53 Å². The normalized spacial score (nSPS) is 19.6. The van der Waals surface area contributed by atoms with E-state index in [4.69, 9.17) is 10.00 Å². The van der Waals surface area contributed by atoms with Crippen molar-refractivity contribution in [1.29, 1.82) is 5.26 Å². The number of hydrogen-bond donors (Lipinski definition) is 1. The summed E-state index contributed by atoms with van der Waals surface area (Å²) in [7, 11) is 1.71. The minimum Gasteiger partial charge on any atom is -0.381 e. The van der Waals surface area contributed by atoms with Gasteiger partial charge in [0.25, 0.3) is 0 Å². The van der Waals surface area contributed by atoms with E-state index in [0.717, 1.165) is 19.4 Å². The number of anilines is 1. The number of nitrogens with zero attached hydrogens (tertiary/aromatic N) is 3. The number of hydrogen-bond acceptors (Lipinski definition) is 4. The number of carbonyl (C=O) groups is 1. The van der Waals surface area contributed by atoms with Gasteiger partial charge in [0.15, 0.2) is 5.82 Å². The Labute approximate surface area is 99.2 Å². The summed E-state index contributed by atoms with van der Waals surface area (Å²) in [5.74, 6) is 0.0581. The third-order valence-electron chi connectivity index (χ3n) is 2.72. The Morgan fingerprint density at radius 1 is 1.76 bits per heavy atom. The van der Waals surface area contributed by atoms with E-state index >= 15 is 0 Å². The highest BCUT2D eigenvalue weighted by Crippen LogP contribution is 2.17. The van der Waals surface area contributed by atoms with Crippen molar-refractivity contribution in [2.45, 2.75) is 12.8 Å². The van der Waals surface area contributed by atoms with E-state index < -0.39 is 0 Å². The Balaban J connectivity index is 2.04. The van der Waals surface area contributed by atoms with E-state index in [2.05, 4.69) is 10.4 Å². The number of amides is 1. The summed E-state index contributed by atoms with van der Waals surface area (Å²) < 4.78 is 6.76. The van der Waals surface area contributed by atoms with Crippen LogP contribution in [0.15, 0.2) is 6.20 Å². The Morgan fingerprint density at radius 2 is 2.59 bits per heavy atom. The van der Waals surface area contributed by atoms with Gasteiger partial charge in [-0.25, -0.2) is 0 Å². The molecule has 1 aromatic heterocycles. The fourth-order valence-electron chi connectivity index (χ4n) is 1.83. The van der Waals surface area contributed by atoms with Crippen LogP contribution in [0.2, 0.25) is 0 Å². The zero-order chi connectivity index (χ0) is 12.3. The van der Waals surface area contributed by atoms with Crippen LogP contribution in [0.1, 0.15) is 18.4 Å². The van der Waals surface area contributed by atoms with Gasteiger partial charge in [0.1, 0.15) is 11.6 Å². The molecule has 1 atom stereocenters. The monoisotopic (exact) mass is 234 g/mol. The number of ether oxygens (including phenoxy) is 1.